The molecule has 1 aromatic heterocycles. The van der Waals surface area contributed by atoms with Crippen molar-refractivity contribution in [2.45, 2.75) is 38.1 Å². The molecule has 3 rings (SSSR count). The fraction of sp³-hybridized carbons (Fsp3) is 0.333. The SMILES string of the molecule is CCC(NC(=O)c1cc(Cl)nc(C2CC2)c1)c1ccc(Cl)cc1. The molecule has 1 saturated carbocycles. The maximum Gasteiger partial charge on any atom is 0.251 e. The molecule has 1 heterocycles. The van der Waals surface area contributed by atoms with Gasteiger partial charge < -0.3 is 5.32 Å². The Hall–Kier alpha value is -1.58. The normalized spacial score (nSPS) is 15.3. The molecular formula is C18H18Cl2N2O. The van der Waals surface area contributed by atoms with Gasteiger partial charge in [0.25, 0.3) is 5.91 Å². The van der Waals surface area contributed by atoms with E-state index in [1.165, 1.54) is 0 Å². The molecule has 120 valence electrons. The first-order valence-electron chi connectivity index (χ1n) is 7.80. The van der Waals surface area contributed by atoms with Crippen LogP contribution in [0, 0.1) is 0 Å². The number of pyridine rings is 1. The van der Waals surface area contributed by atoms with Crippen molar-refractivity contribution < 1.29 is 4.79 Å². The molecule has 1 aromatic carbocycles. The summed E-state index contributed by atoms with van der Waals surface area (Å²) >= 11 is 12.0. The minimum atomic E-state index is -0.127. The largest absolute Gasteiger partial charge is 0.345 e. The minimum Gasteiger partial charge on any atom is -0.345 e. The van der Waals surface area contributed by atoms with Crippen LogP contribution < -0.4 is 5.32 Å². The molecule has 23 heavy (non-hydrogen) atoms. The van der Waals surface area contributed by atoms with Gasteiger partial charge in [0.15, 0.2) is 0 Å². The summed E-state index contributed by atoms with van der Waals surface area (Å²) in [5.41, 5.74) is 2.52. The second kappa shape index (κ2) is 6.90. The van der Waals surface area contributed by atoms with E-state index < -0.39 is 0 Å². The van der Waals surface area contributed by atoms with Crippen LogP contribution in [0.4, 0.5) is 0 Å². The van der Waals surface area contributed by atoms with Gasteiger partial charge in [-0.2, -0.15) is 0 Å². The summed E-state index contributed by atoms with van der Waals surface area (Å²) in [6, 6.07) is 11.0. The number of rotatable bonds is 5. The lowest BCUT2D eigenvalue weighted by molar-refractivity contribution is 0.0935. The average Bonchev–Trinajstić information content (AvgIpc) is 3.37. The number of carbonyl (C=O) groups excluding carboxylic acids is 1. The minimum absolute atomic E-state index is 0.0592. The number of halogens is 2. The molecule has 1 aliphatic carbocycles. The maximum absolute atomic E-state index is 12.6. The molecule has 3 nitrogen and oxygen atoms in total. The van der Waals surface area contributed by atoms with Crippen LogP contribution in [-0.4, -0.2) is 10.9 Å². The lowest BCUT2D eigenvalue weighted by atomic mass is 10.0. The molecule has 1 aliphatic rings. The van der Waals surface area contributed by atoms with Crippen molar-refractivity contribution in [3.05, 3.63) is 63.4 Å². The summed E-state index contributed by atoms with van der Waals surface area (Å²) in [7, 11) is 0. The van der Waals surface area contributed by atoms with Gasteiger partial charge in [0.05, 0.1) is 6.04 Å². The first-order chi connectivity index (χ1) is 11.1. The maximum atomic E-state index is 12.6. The van der Waals surface area contributed by atoms with Gasteiger partial charge in [-0.25, -0.2) is 4.98 Å². The highest BCUT2D eigenvalue weighted by atomic mass is 35.5. The van der Waals surface area contributed by atoms with E-state index in [9.17, 15) is 4.79 Å². The Morgan fingerprint density at radius 2 is 1.96 bits per heavy atom. The number of amides is 1. The number of hydrogen-bond acceptors (Lipinski definition) is 2. The van der Waals surface area contributed by atoms with Crippen LogP contribution in [0.2, 0.25) is 10.2 Å². The Morgan fingerprint density at radius 3 is 2.57 bits per heavy atom. The molecule has 0 bridgehead atoms. The fourth-order valence-electron chi connectivity index (χ4n) is 2.59. The van der Waals surface area contributed by atoms with E-state index >= 15 is 0 Å². The second-order valence-electron chi connectivity index (χ2n) is 5.86. The van der Waals surface area contributed by atoms with Gasteiger partial charge in [0.2, 0.25) is 0 Å². The third-order valence-corrected chi connectivity index (χ3v) is 4.50. The third kappa shape index (κ3) is 4.04. The van der Waals surface area contributed by atoms with Crippen molar-refractivity contribution in [2.75, 3.05) is 0 Å². The molecule has 1 amide bonds. The number of carbonyl (C=O) groups is 1. The predicted octanol–water partition coefficient (Wildman–Crippen LogP) is 5.15. The molecule has 5 heteroatoms. The van der Waals surface area contributed by atoms with Gasteiger partial charge in [-0.1, -0.05) is 42.3 Å². The van der Waals surface area contributed by atoms with Crippen LogP contribution in [0.15, 0.2) is 36.4 Å². The number of nitrogens with zero attached hydrogens (tertiary/aromatic N) is 1. The van der Waals surface area contributed by atoms with Crippen LogP contribution >= 0.6 is 23.2 Å². The van der Waals surface area contributed by atoms with Crippen molar-refractivity contribution in [3.63, 3.8) is 0 Å². The van der Waals surface area contributed by atoms with E-state index in [0.717, 1.165) is 30.5 Å². The van der Waals surface area contributed by atoms with Crippen molar-refractivity contribution in [2.24, 2.45) is 0 Å². The van der Waals surface area contributed by atoms with Crippen LogP contribution in [0.3, 0.4) is 0 Å². The highest BCUT2D eigenvalue weighted by Crippen LogP contribution is 2.39. The van der Waals surface area contributed by atoms with E-state index in [-0.39, 0.29) is 11.9 Å². The van der Waals surface area contributed by atoms with Crippen LogP contribution in [-0.2, 0) is 0 Å². The van der Waals surface area contributed by atoms with Crippen LogP contribution in [0.1, 0.15) is 59.8 Å². The number of nitrogens with one attached hydrogen (secondary N) is 1. The molecule has 1 N–H and O–H groups in total. The zero-order valence-corrected chi connectivity index (χ0v) is 14.4. The van der Waals surface area contributed by atoms with E-state index in [0.29, 0.717) is 21.7 Å². The lowest BCUT2D eigenvalue weighted by Gasteiger charge is -2.18. The van der Waals surface area contributed by atoms with E-state index in [4.69, 9.17) is 23.2 Å². The van der Waals surface area contributed by atoms with Gasteiger partial charge in [-0.05, 0) is 49.1 Å². The van der Waals surface area contributed by atoms with E-state index in [1.807, 2.05) is 37.3 Å². The molecule has 0 spiro atoms. The first-order valence-corrected chi connectivity index (χ1v) is 8.56. The molecule has 1 atom stereocenters. The van der Waals surface area contributed by atoms with Crippen molar-refractivity contribution >= 4 is 29.1 Å². The Kier molecular flexibility index (Phi) is 4.88. The Balaban J connectivity index is 1.78. The summed E-state index contributed by atoms with van der Waals surface area (Å²) in [5.74, 6) is 0.330. The highest BCUT2D eigenvalue weighted by molar-refractivity contribution is 6.30. The Labute approximate surface area is 146 Å². The van der Waals surface area contributed by atoms with Gasteiger partial charge in [-0.15, -0.1) is 0 Å². The monoisotopic (exact) mass is 348 g/mol. The van der Waals surface area contributed by atoms with Crippen molar-refractivity contribution in [3.8, 4) is 0 Å². The van der Waals surface area contributed by atoms with Gasteiger partial charge >= 0.3 is 0 Å². The van der Waals surface area contributed by atoms with Crippen molar-refractivity contribution in [1.82, 2.24) is 10.3 Å². The smallest absolute Gasteiger partial charge is 0.251 e. The van der Waals surface area contributed by atoms with Crippen molar-refractivity contribution in [1.29, 1.82) is 0 Å². The summed E-state index contributed by atoms with van der Waals surface area (Å²) in [6.07, 6.45) is 3.04. The molecular weight excluding hydrogens is 331 g/mol. The lowest BCUT2D eigenvalue weighted by Crippen LogP contribution is -2.28. The van der Waals surface area contributed by atoms with E-state index in [2.05, 4.69) is 10.3 Å². The molecule has 1 unspecified atom stereocenters. The van der Waals surface area contributed by atoms with Gasteiger partial charge in [0, 0.05) is 22.2 Å². The first kappa shape index (κ1) is 16.3. The van der Waals surface area contributed by atoms with Gasteiger partial charge in [-0.3, -0.25) is 4.79 Å². The quantitative estimate of drug-likeness (QED) is 0.759. The molecule has 2 aromatic rings. The summed E-state index contributed by atoms with van der Waals surface area (Å²) in [4.78, 5) is 16.9. The Bertz CT molecular complexity index is 711. The second-order valence-corrected chi connectivity index (χ2v) is 6.69. The van der Waals surface area contributed by atoms with Crippen LogP contribution in [0.25, 0.3) is 0 Å². The van der Waals surface area contributed by atoms with Crippen LogP contribution in [0.5, 0.6) is 0 Å². The molecule has 0 saturated heterocycles. The molecule has 0 radical (unpaired) electrons. The summed E-state index contributed by atoms with van der Waals surface area (Å²) in [5, 5.41) is 4.12. The Morgan fingerprint density at radius 1 is 1.26 bits per heavy atom. The average molecular weight is 349 g/mol. The number of hydrogen-bond donors (Lipinski definition) is 1. The third-order valence-electron chi connectivity index (χ3n) is 4.06. The molecule has 0 aliphatic heterocycles. The molecule has 1 fully saturated rings. The predicted molar refractivity (Wildman–Crippen MR) is 93.2 cm³/mol. The number of aromatic nitrogens is 1. The van der Waals surface area contributed by atoms with E-state index in [1.54, 1.807) is 6.07 Å². The standard InChI is InChI=1S/C18H18Cl2N2O/c1-2-15(11-5-7-14(19)8-6-11)22-18(23)13-9-16(12-3-4-12)21-17(20)10-13/h5-10,12,15H,2-4H2,1H3,(H,22,23). The highest BCUT2D eigenvalue weighted by Gasteiger charge is 2.26. The zero-order valence-electron chi connectivity index (χ0n) is 12.9. The topological polar surface area (TPSA) is 42.0 Å². The zero-order chi connectivity index (χ0) is 16.4. The summed E-state index contributed by atoms with van der Waals surface area (Å²) in [6.45, 7) is 2.04. The summed E-state index contributed by atoms with van der Waals surface area (Å²) < 4.78 is 0. The fourth-order valence-corrected chi connectivity index (χ4v) is 2.94. The number of benzene rings is 1. The van der Waals surface area contributed by atoms with Gasteiger partial charge in [0.1, 0.15) is 5.15 Å².